The van der Waals surface area contributed by atoms with Gasteiger partial charge >= 0.3 is 0 Å². The van der Waals surface area contributed by atoms with Crippen LogP contribution in [0.2, 0.25) is 0 Å². The molecule has 2 aromatic carbocycles. The number of thiazole rings is 1. The fraction of sp³-hybridized carbons (Fsp3) is 0.179. The highest BCUT2D eigenvalue weighted by atomic mass is 32.1. The average molecular weight is 516 g/mol. The van der Waals surface area contributed by atoms with Crippen molar-refractivity contribution in [2.75, 3.05) is 11.9 Å². The molecule has 0 bridgehead atoms. The Labute approximate surface area is 216 Å². The number of thiophene rings is 1. The molecule has 36 heavy (non-hydrogen) atoms. The van der Waals surface area contributed by atoms with Crippen LogP contribution in [0.4, 0.5) is 5.69 Å². The number of carbonyl (C=O) groups excluding carboxylic acids is 1. The highest BCUT2D eigenvalue weighted by molar-refractivity contribution is 7.11. The number of aryl methyl sites for hydroxylation is 1. The lowest BCUT2D eigenvalue weighted by Crippen LogP contribution is -2.40. The van der Waals surface area contributed by atoms with Gasteiger partial charge in [-0.2, -0.15) is 0 Å². The summed E-state index contributed by atoms with van der Waals surface area (Å²) in [6.45, 7) is 6.33. The summed E-state index contributed by atoms with van der Waals surface area (Å²) < 4.78 is 7.84. The van der Waals surface area contributed by atoms with Crippen LogP contribution < -0.4 is 24.9 Å². The Hall–Kier alpha value is -3.75. The highest BCUT2D eigenvalue weighted by Gasteiger charge is 2.32. The smallest absolute Gasteiger partial charge is 0.271 e. The molecule has 0 unspecified atom stereocenters. The first-order valence-corrected chi connectivity index (χ1v) is 13.3. The highest BCUT2D eigenvalue weighted by Crippen LogP contribution is 2.31. The number of ether oxygens (including phenoxy) is 1. The van der Waals surface area contributed by atoms with Gasteiger partial charge in [0.1, 0.15) is 5.75 Å². The number of allylic oxidation sites excluding steroid dienone is 1. The summed E-state index contributed by atoms with van der Waals surface area (Å²) in [5.74, 6) is 0.447. The second kappa shape index (κ2) is 10.1. The monoisotopic (exact) mass is 515 g/mol. The molecule has 1 aliphatic heterocycles. The Morgan fingerprint density at radius 1 is 1.11 bits per heavy atom. The van der Waals surface area contributed by atoms with Crippen LogP contribution in [0.15, 0.2) is 87.1 Å². The summed E-state index contributed by atoms with van der Waals surface area (Å²) in [5.41, 5.74) is 3.47. The van der Waals surface area contributed by atoms with E-state index in [0.717, 1.165) is 21.8 Å². The van der Waals surface area contributed by atoms with Crippen molar-refractivity contribution in [3.63, 3.8) is 0 Å². The number of aromatic nitrogens is 1. The van der Waals surface area contributed by atoms with Crippen molar-refractivity contribution in [3.05, 3.63) is 113 Å². The van der Waals surface area contributed by atoms with E-state index in [0.29, 0.717) is 32.9 Å². The van der Waals surface area contributed by atoms with E-state index < -0.39 is 6.04 Å². The van der Waals surface area contributed by atoms with Gasteiger partial charge in [-0.25, -0.2) is 4.99 Å². The van der Waals surface area contributed by atoms with E-state index in [1.165, 1.54) is 11.3 Å². The quantitative estimate of drug-likeness (QED) is 0.407. The van der Waals surface area contributed by atoms with Crippen molar-refractivity contribution < 1.29 is 9.53 Å². The van der Waals surface area contributed by atoms with E-state index in [1.807, 2.05) is 92.9 Å². The molecule has 6 nitrogen and oxygen atoms in total. The number of carbonyl (C=O) groups is 1. The van der Waals surface area contributed by atoms with Gasteiger partial charge in [0, 0.05) is 10.6 Å². The van der Waals surface area contributed by atoms with Crippen molar-refractivity contribution >= 4 is 40.3 Å². The van der Waals surface area contributed by atoms with E-state index in [1.54, 1.807) is 15.9 Å². The third-order valence-electron chi connectivity index (χ3n) is 5.97. The number of nitrogens with one attached hydrogen (secondary N) is 1. The third-order valence-corrected chi connectivity index (χ3v) is 7.92. The molecule has 0 radical (unpaired) electrons. The number of nitrogens with zero attached hydrogens (tertiary/aromatic N) is 2. The van der Waals surface area contributed by atoms with Gasteiger partial charge < -0.3 is 10.1 Å². The van der Waals surface area contributed by atoms with Crippen molar-refractivity contribution in [1.82, 2.24) is 4.57 Å². The molecule has 8 heteroatoms. The molecule has 1 N–H and O–H groups in total. The molecule has 1 amide bonds. The van der Waals surface area contributed by atoms with Crippen LogP contribution in [-0.4, -0.2) is 17.1 Å². The minimum Gasteiger partial charge on any atom is -0.494 e. The molecule has 182 valence electrons. The van der Waals surface area contributed by atoms with Crippen LogP contribution in [0.5, 0.6) is 5.75 Å². The maximum Gasteiger partial charge on any atom is 0.271 e. The van der Waals surface area contributed by atoms with E-state index in [9.17, 15) is 9.59 Å². The fourth-order valence-corrected chi connectivity index (χ4v) is 6.17. The normalized spacial score (nSPS) is 15.4. The van der Waals surface area contributed by atoms with Crippen molar-refractivity contribution in [2.45, 2.75) is 26.8 Å². The van der Waals surface area contributed by atoms with Gasteiger partial charge in [0.2, 0.25) is 0 Å². The molecule has 0 saturated heterocycles. The lowest BCUT2D eigenvalue weighted by Gasteiger charge is -2.25. The first kappa shape index (κ1) is 24.0. The summed E-state index contributed by atoms with van der Waals surface area (Å²) in [7, 11) is 0. The van der Waals surface area contributed by atoms with Crippen molar-refractivity contribution in [3.8, 4) is 5.75 Å². The van der Waals surface area contributed by atoms with Crippen LogP contribution in [-0.2, 0) is 4.79 Å². The van der Waals surface area contributed by atoms with Crippen LogP contribution in [0.1, 0.15) is 35.9 Å². The fourth-order valence-electron chi connectivity index (χ4n) is 4.21. The molecule has 1 atom stereocenters. The van der Waals surface area contributed by atoms with Crippen LogP contribution in [0.25, 0.3) is 6.08 Å². The largest absolute Gasteiger partial charge is 0.494 e. The van der Waals surface area contributed by atoms with Crippen LogP contribution >= 0.6 is 22.7 Å². The molecule has 1 aliphatic rings. The predicted octanol–water partition coefficient (Wildman–Crippen LogP) is 4.64. The number of amides is 1. The van der Waals surface area contributed by atoms with Gasteiger partial charge in [-0.15, -0.1) is 11.3 Å². The van der Waals surface area contributed by atoms with E-state index in [4.69, 9.17) is 9.73 Å². The second-order valence-corrected chi connectivity index (χ2v) is 10.3. The summed E-state index contributed by atoms with van der Waals surface area (Å²) in [6, 6.07) is 18.2. The number of benzene rings is 2. The van der Waals surface area contributed by atoms with E-state index in [-0.39, 0.29) is 11.5 Å². The maximum atomic E-state index is 13.7. The topological polar surface area (TPSA) is 72.7 Å². The Bertz CT molecular complexity index is 1630. The maximum absolute atomic E-state index is 13.7. The zero-order valence-electron chi connectivity index (χ0n) is 20.1. The van der Waals surface area contributed by atoms with Crippen molar-refractivity contribution in [2.24, 2.45) is 4.99 Å². The summed E-state index contributed by atoms with van der Waals surface area (Å²) in [5, 5.41) is 4.99. The van der Waals surface area contributed by atoms with Gasteiger partial charge in [0.15, 0.2) is 4.80 Å². The summed E-state index contributed by atoms with van der Waals surface area (Å²) in [4.78, 5) is 33.7. The molecule has 0 saturated carbocycles. The van der Waals surface area contributed by atoms with Gasteiger partial charge in [0.25, 0.3) is 11.5 Å². The first-order valence-electron chi connectivity index (χ1n) is 11.6. The minimum atomic E-state index is -0.618. The standard InChI is InChI=1S/C28H25N3O3S2/c1-4-34-21-12-10-19(11-13-21)25-24(26(32)30-20-8-6-5-7-9-20)18(3)29-28-31(25)27(33)23(36-28)16-22-17(2)14-15-35-22/h5-16,25H,4H2,1-3H3,(H,30,32)/b23-16-/t25-/m1/s1. The number of anilines is 1. The Balaban J connectivity index is 1.67. The van der Waals surface area contributed by atoms with Gasteiger partial charge in [-0.3, -0.25) is 14.2 Å². The predicted molar refractivity (Wildman–Crippen MR) is 146 cm³/mol. The molecule has 2 aromatic heterocycles. The first-order chi connectivity index (χ1) is 17.5. The zero-order valence-corrected chi connectivity index (χ0v) is 21.8. The Morgan fingerprint density at radius 3 is 2.53 bits per heavy atom. The molecule has 0 fully saturated rings. The Kier molecular flexibility index (Phi) is 6.71. The molecule has 4 aromatic rings. The third kappa shape index (κ3) is 4.57. The molecule has 5 rings (SSSR count). The van der Waals surface area contributed by atoms with Crippen LogP contribution in [0.3, 0.4) is 0 Å². The van der Waals surface area contributed by atoms with Gasteiger partial charge in [-0.1, -0.05) is 41.7 Å². The molecular formula is C28H25N3O3S2. The molecule has 3 heterocycles. The second-order valence-electron chi connectivity index (χ2n) is 8.37. The minimum absolute atomic E-state index is 0.164. The number of para-hydroxylation sites is 1. The van der Waals surface area contributed by atoms with Gasteiger partial charge in [0.05, 0.1) is 28.5 Å². The molecule has 0 spiro atoms. The molecule has 0 aliphatic carbocycles. The van der Waals surface area contributed by atoms with E-state index >= 15 is 0 Å². The zero-order chi connectivity index (χ0) is 25.2. The van der Waals surface area contributed by atoms with Crippen molar-refractivity contribution in [1.29, 1.82) is 0 Å². The lowest BCUT2D eigenvalue weighted by molar-refractivity contribution is -0.113. The SMILES string of the molecule is CCOc1ccc([C@@H]2C(C(=O)Nc3ccccc3)=C(C)N=c3s/c(=C\c4sccc4C)c(=O)n32)cc1. The van der Waals surface area contributed by atoms with Crippen LogP contribution in [0, 0.1) is 6.92 Å². The summed E-state index contributed by atoms with van der Waals surface area (Å²) in [6.07, 6.45) is 1.92. The Morgan fingerprint density at radius 2 is 1.86 bits per heavy atom. The number of rotatable bonds is 6. The number of fused-ring (bicyclic) bond motifs is 1. The lowest BCUT2D eigenvalue weighted by atomic mass is 9.95. The molecular weight excluding hydrogens is 490 g/mol. The average Bonchev–Trinajstić information content (AvgIpc) is 3.41. The van der Waals surface area contributed by atoms with Gasteiger partial charge in [-0.05, 0) is 73.7 Å². The number of hydrogen-bond acceptors (Lipinski definition) is 6. The van der Waals surface area contributed by atoms with E-state index in [2.05, 4.69) is 5.32 Å². The summed E-state index contributed by atoms with van der Waals surface area (Å²) >= 11 is 2.94. The number of hydrogen-bond donors (Lipinski definition) is 1.